The molecular weight excluding hydrogens is 423 g/mol. The van der Waals surface area contributed by atoms with Crippen molar-refractivity contribution in [3.05, 3.63) is 59.9 Å². The molecule has 0 heterocycles. The molecule has 0 spiro atoms. The van der Waals surface area contributed by atoms with E-state index in [9.17, 15) is 14.0 Å². The van der Waals surface area contributed by atoms with Crippen molar-refractivity contribution in [2.45, 2.75) is 64.1 Å². The molecule has 0 aliphatic heterocycles. The second-order valence-electron chi connectivity index (χ2n) is 8.44. The van der Waals surface area contributed by atoms with E-state index < -0.39 is 6.04 Å². The van der Waals surface area contributed by atoms with Gasteiger partial charge in [0.1, 0.15) is 23.4 Å². The quantitative estimate of drug-likeness (QED) is 0.507. The fraction of sp³-hybridized carbons (Fsp3) is 0.462. The SMILES string of the molecule is COc1ccc(OCCCC(=O)N(Cc2ccc(F)cc2)[C@H](C)C(=O)NC2CCCC2)cc1. The average molecular weight is 457 g/mol. The smallest absolute Gasteiger partial charge is 0.242 e. The molecule has 1 aliphatic rings. The van der Waals surface area contributed by atoms with Gasteiger partial charge in [0, 0.05) is 19.0 Å². The molecule has 1 N–H and O–H groups in total. The molecule has 0 aromatic heterocycles. The van der Waals surface area contributed by atoms with Crippen LogP contribution in [0.3, 0.4) is 0 Å². The summed E-state index contributed by atoms with van der Waals surface area (Å²) in [6.07, 6.45) is 4.96. The first-order chi connectivity index (χ1) is 16.0. The molecule has 2 aromatic carbocycles. The molecule has 2 amide bonds. The van der Waals surface area contributed by atoms with Crippen LogP contribution in [-0.4, -0.2) is 42.5 Å². The number of hydrogen-bond donors (Lipinski definition) is 1. The maximum atomic E-state index is 13.3. The van der Waals surface area contributed by atoms with Crippen LogP contribution in [0.15, 0.2) is 48.5 Å². The Kier molecular flexibility index (Phi) is 9.10. The van der Waals surface area contributed by atoms with Gasteiger partial charge in [-0.2, -0.15) is 0 Å². The Morgan fingerprint density at radius 3 is 2.33 bits per heavy atom. The molecule has 178 valence electrons. The lowest BCUT2D eigenvalue weighted by molar-refractivity contribution is -0.141. The van der Waals surface area contributed by atoms with E-state index >= 15 is 0 Å². The second kappa shape index (κ2) is 12.2. The number of methoxy groups -OCH3 is 1. The third-order valence-electron chi connectivity index (χ3n) is 6.00. The van der Waals surface area contributed by atoms with E-state index in [1.165, 1.54) is 12.1 Å². The summed E-state index contributed by atoms with van der Waals surface area (Å²) >= 11 is 0. The summed E-state index contributed by atoms with van der Waals surface area (Å²) in [4.78, 5) is 27.5. The fourth-order valence-corrected chi connectivity index (χ4v) is 3.99. The van der Waals surface area contributed by atoms with Gasteiger partial charge in [0.05, 0.1) is 13.7 Å². The molecule has 0 saturated heterocycles. The third kappa shape index (κ3) is 7.48. The van der Waals surface area contributed by atoms with E-state index in [-0.39, 0.29) is 36.6 Å². The largest absolute Gasteiger partial charge is 0.497 e. The van der Waals surface area contributed by atoms with Crippen LogP contribution in [0, 0.1) is 5.82 Å². The van der Waals surface area contributed by atoms with Crippen LogP contribution >= 0.6 is 0 Å². The van der Waals surface area contributed by atoms with Gasteiger partial charge in [-0.1, -0.05) is 25.0 Å². The highest BCUT2D eigenvalue weighted by atomic mass is 19.1. The maximum Gasteiger partial charge on any atom is 0.242 e. The molecular formula is C26H33FN2O4. The number of nitrogens with one attached hydrogen (secondary N) is 1. The predicted octanol–water partition coefficient (Wildman–Crippen LogP) is 4.47. The summed E-state index contributed by atoms with van der Waals surface area (Å²) in [5, 5.41) is 3.08. The van der Waals surface area contributed by atoms with Gasteiger partial charge in [0.2, 0.25) is 11.8 Å². The molecule has 0 radical (unpaired) electrons. The van der Waals surface area contributed by atoms with Crippen LogP contribution in [0.25, 0.3) is 0 Å². The first-order valence-corrected chi connectivity index (χ1v) is 11.6. The lowest BCUT2D eigenvalue weighted by atomic mass is 10.1. The van der Waals surface area contributed by atoms with Gasteiger partial charge in [-0.3, -0.25) is 9.59 Å². The Balaban J connectivity index is 1.57. The minimum absolute atomic E-state index is 0.133. The zero-order valence-corrected chi connectivity index (χ0v) is 19.4. The molecule has 7 heteroatoms. The lowest BCUT2D eigenvalue weighted by Gasteiger charge is -2.30. The Bertz CT molecular complexity index is 896. The van der Waals surface area contributed by atoms with Crippen LogP contribution < -0.4 is 14.8 Å². The topological polar surface area (TPSA) is 67.9 Å². The van der Waals surface area contributed by atoms with Crippen LogP contribution in [0.4, 0.5) is 4.39 Å². The number of nitrogens with zero attached hydrogens (tertiary/aromatic N) is 1. The van der Waals surface area contributed by atoms with Gasteiger partial charge >= 0.3 is 0 Å². The fourth-order valence-electron chi connectivity index (χ4n) is 3.99. The molecule has 1 aliphatic carbocycles. The van der Waals surface area contributed by atoms with Crippen molar-refractivity contribution in [3.63, 3.8) is 0 Å². The molecule has 33 heavy (non-hydrogen) atoms. The van der Waals surface area contributed by atoms with Gasteiger partial charge in [-0.05, 0) is 68.1 Å². The summed E-state index contributed by atoms with van der Waals surface area (Å²) < 4.78 is 24.2. The zero-order chi connectivity index (χ0) is 23.6. The minimum Gasteiger partial charge on any atom is -0.497 e. The van der Waals surface area contributed by atoms with Crippen LogP contribution in [0.1, 0.15) is 51.0 Å². The maximum absolute atomic E-state index is 13.3. The van der Waals surface area contributed by atoms with Crippen molar-refractivity contribution in [1.82, 2.24) is 10.2 Å². The van der Waals surface area contributed by atoms with Gasteiger partial charge in [0.25, 0.3) is 0 Å². The molecule has 1 fully saturated rings. The number of carbonyl (C=O) groups excluding carboxylic acids is 2. The molecule has 6 nitrogen and oxygen atoms in total. The number of rotatable bonds is 11. The van der Waals surface area contributed by atoms with Gasteiger partial charge < -0.3 is 19.7 Å². The van der Waals surface area contributed by atoms with Crippen molar-refractivity contribution in [2.75, 3.05) is 13.7 Å². The number of hydrogen-bond acceptors (Lipinski definition) is 4. The van der Waals surface area contributed by atoms with E-state index in [0.29, 0.717) is 18.8 Å². The van der Waals surface area contributed by atoms with Crippen LogP contribution in [0.5, 0.6) is 11.5 Å². The van der Waals surface area contributed by atoms with E-state index in [4.69, 9.17) is 9.47 Å². The number of halogens is 1. The van der Waals surface area contributed by atoms with E-state index in [1.807, 2.05) is 24.3 Å². The monoisotopic (exact) mass is 456 g/mol. The second-order valence-corrected chi connectivity index (χ2v) is 8.44. The Hall–Kier alpha value is -3.09. The summed E-state index contributed by atoms with van der Waals surface area (Å²) in [5.74, 6) is 0.840. The van der Waals surface area contributed by atoms with Crippen LogP contribution in [-0.2, 0) is 16.1 Å². The minimum atomic E-state index is -0.620. The highest BCUT2D eigenvalue weighted by Crippen LogP contribution is 2.20. The number of carbonyl (C=O) groups is 2. The zero-order valence-electron chi connectivity index (χ0n) is 19.4. The summed E-state index contributed by atoms with van der Waals surface area (Å²) in [6.45, 7) is 2.38. The van der Waals surface area contributed by atoms with Crippen molar-refractivity contribution in [3.8, 4) is 11.5 Å². The first kappa shape index (κ1) is 24.6. The Morgan fingerprint density at radius 2 is 1.70 bits per heavy atom. The first-order valence-electron chi connectivity index (χ1n) is 11.6. The van der Waals surface area contributed by atoms with Gasteiger partial charge in [-0.25, -0.2) is 4.39 Å². The number of ether oxygens (including phenoxy) is 2. The molecule has 0 unspecified atom stereocenters. The van der Waals surface area contributed by atoms with Crippen molar-refractivity contribution in [2.24, 2.45) is 0 Å². The van der Waals surface area contributed by atoms with Gasteiger partial charge in [-0.15, -0.1) is 0 Å². The predicted molar refractivity (Wildman–Crippen MR) is 125 cm³/mol. The van der Waals surface area contributed by atoms with E-state index in [1.54, 1.807) is 31.1 Å². The number of amides is 2. The average Bonchev–Trinajstić information content (AvgIpc) is 3.34. The Morgan fingerprint density at radius 1 is 1.06 bits per heavy atom. The van der Waals surface area contributed by atoms with Crippen molar-refractivity contribution < 1.29 is 23.5 Å². The molecule has 1 atom stereocenters. The van der Waals surface area contributed by atoms with E-state index in [2.05, 4.69) is 5.32 Å². The normalized spacial score (nSPS) is 14.5. The summed E-state index contributed by atoms with van der Waals surface area (Å²) in [5.41, 5.74) is 0.778. The number of benzene rings is 2. The van der Waals surface area contributed by atoms with Crippen LogP contribution in [0.2, 0.25) is 0 Å². The van der Waals surface area contributed by atoms with E-state index in [0.717, 1.165) is 37.0 Å². The third-order valence-corrected chi connectivity index (χ3v) is 6.00. The molecule has 3 rings (SSSR count). The summed E-state index contributed by atoms with van der Waals surface area (Å²) in [7, 11) is 1.61. The molecule has 1 saturated carbocycles. The lowest BCUT2D eigenvalue weighted by Crippen LogP contribution is -2.49. The highest BCUT2D eigenvalue weighted by molar-refractivity contribution is 5.87. The van der Waals surface area contributed by atoms with Crippen molar-refractivity contribution >= 4 is 11.8 Å². The molecule has 2 aromatic rings. The Labute approximate surface area is 195 Å². The van der Waals surface area contributed by atoms with Crippen molar-refractivity contribution in [1.29, 1.82) is 0 Å². The highest BCUT2D eigenvalue weighted by Gasteiger charge is 2.28. The molecule has 0 bridgehead atoms. The standard InChI is InChI=1S/C26H33FN2O4/c1-19(26(31)28-22-6-3-4-7-22)29(18-20-9-11-21(27)12-10-20)25(30)8-5-17-33-24-15-13-23(32-2)14-16-24/h9-16,19,22H,3-8,17-18H2,1-2H3,(H,28,31)/t19-/m1/s1. The summed E-state index contributed by atoms with van der Waals surface area (Å²) in [6, 6.07) is 12.8. The van der Waals surface area contributed by atoms with Gasteiger partial charge in [0.15, 0.2) is 0 Å².